The molecule has 2 aromatic rings. The SMILES string of the molecule is CCSc1nnc(CS(=O)(=O)c2ccc(F)cc2)o1. The average Bonchev–Trinajstić information content (AvgIpc) is 2.77. The maximum Gasteiger partial charge on any atom is 0.276 e. The smallest absolute Gasteiger partial charge is 0.276 e. The fraction of sp³-hybridized carbons (Fsp3) is 0.273. The molecular weight excluding hydrogens is 291 g/mol. The highest BCUT2D eigenvalue weighted by Crippen LogP contribution is 2.19. The molecular formula is C11H11FN2O3S2. The maximum atomic E-state index is 12.8. The van der Waals surface area contributed by atoms with E-state index in [0.29, 0.717) is 5.22 Å². The molecule has 1 aromatic carbocycles. The van der Waals surface area contributed by atoms with Crippen LogP contribution in [0.2, 0.25) is 0 Å². The monoisotopic (exact) mass is 302 g/mol. The van der Waals surface area contributed by atoms with Crippen molar-refractivity contribution in [3.05, 3.63) is 36.0 Å². The van der Waals surface area contributed by atoms with Gasteiger partial charge in [-0.3, -0.25) is 0 Å². The van der Waals surface area contributed by atoms with Crippen LogP contribution < -0.4 is 0 Å². The first-order valence-corrected chi connectivity index (χ1v) is 8.08. The van der Waals surface area contributed by atoms with Gasteiger partial charge in [0.05, 0.1) is 4.90 Å². The molecule has 8 heteroatoms. The molecule has 0 aliphatic carbocycles. The van der Waals surface area contributed by atoms with Crippen molar-refractivity contribution in [2.75, 3.05) is 5.75 Å². The van der Waals surface area contributed by atoms with Crippen LogP contribution in [-0.2, 0) is 15.6 Å². The van der Waals surface area contributed by atoms with E-state index in [1.54, 1.807) is 0 Å². The van der Waals surface area contributed by atoms with Crippen molar-refractivity contribution >= 4 is 21.6 Å². The van der Waals surface area contributed by atoms with Crippen LogP contribution in [0.1, 0.15) is 12.8 Å². The van der Waals surface area contributed by atoms with Crippen LogP contribution in [0.25, 0.3) is 0 Å². The summed E-state index contributed by atoms with van der Waals surface area (Å²) in [5, 5.41) is 7.73. The van der Waals surface area contributed by atoms with Crippen LogP contribution in [-0.4, -0.2) is 24.4 Å². The molecule has 19 heavy (non-hydrogen) atoms. The molecule has 0 aliphatic rings. The first-order chi connectivity index (χ1) is 9.01. The third-order valence-corrected chi connectivity index (χ3v) is 4.52. The van der Waals surface area contributed by atoms with Crippen LogP contribution >= 0.6 is 11.8 Å². The minimum Gasteiger partial charge on any atom is -0.415 e. The third-order valence-electron chi connectivity index (χ3n) is 2.20. The molecule has 0 unspecified atom stereocenters. The van der Waals surface area contributed by atoms with E-state index in [1.807, 2.05) is 6.92 Å². The Labute approximate surface area is 114 Å². The van der Waals surface area contributed by atoms with E-state index in [0.717, 1.165) is 17.9 Å². The van der Waals surface area contributed by atoms with Gasteiger partial charge < -0.3 is 4.42 Å². The van der Waals surface area contributed by atoms with E-state index in [4.69, 9.17) is 4.42 Å². The summed E-state index contributed by atoms with van der Waals surface area (Å²) in [5.41, 5.74) is 0. The molecule has 0 radical (unpaired) electrons. The standard InChI is InChI=1S/C11H11FN2O3S2/c1-2-18-11-14-13-10(17-11)7-19(15,16)9-5-3-8(12)4-6-9/h3-6H,2,7H2,1H3. The number of sulfone groups is 1. The Kier molecular flexibility index (Phi) is 4.20. The van der Waals surface area contributed by atoms with E-state index in [1.165, 1.54) is 23.9 Å². The zero-order valence-corrected chi connectivity index (χ0v) is 11.7. The maximum absolute atomic E-state index is 12.8. The van der Waals surface area contributed by atoms with Crippen molar-refractivity contribution in [2.45, 2.75) is 22.8 Å². The lowest BCUT2D eigenvalue weighted by Crippen LogP contribution is -2.05. The molecule has 1 heterocycles. The Bertz CT molecular complexity index is 653. The molecule has 2 rings (SSSR count). The first kappa shape index (κ1) is 14.0. The zero-order chi connectivity index (χ0) is 13.9. The van der Waals surface area contributed by atoms with E-state index < -0.39 is 21.4 Å². The number of thioether (sulfide) groups is 1. The predicted octanol–water partition coefficient (Wildman–Crippen LogP) is 2.29. The van der Waals surface area contributed by atoms with Gasteiger partial charge in [0.25, 0.3) is 5.22 Å². The second kappa shape index (κ2) is 5.70. The van der Waals surface area contributed by atoms with Gasteiger partial charge in [-0.25, -0.2) is 12.8 Å². The Morgan fingerprint density at radius 1 is 1.26 bits per heavy atom. The number of aromatic nitrogens is 2. The highest BCUT2D eigenvalue weighted by molar-refractivity contribution is 7.99. The fourth-order valence-corrected chi connectivity index (χ4v) is 3.03. The summed E-state index contributed by atoms with van der Waals surface area (Å²) in [4.78, 5) is 0.0248. The van der Waals surface area contributed by atoms with Crippen LogP contribution in [0, 0.1) is 5.82 Å². The molecule has 0 spiro atoms. The predicted molar refractivity (Wildman–Crippen MR) is 68.0 cm³/mol. The average molecular weight is 302 g/mol. The summed E-state index contributed by atoms with van der Waals surface area (Å²) >= 11 is 1.34. The number of hydrogen-bond donors (Lipinski definition) is 0. The van der Waals surface area contributed by atoms with Crippen molar-refractivity contribution < 1.29 is 17.2 Å². The molecule has 0 bridgehead atoms. The van der Waals surface area contributed by atoms with Crippen molar-refractivity contribution in [1.82, 2.24) is 10.2 Å². The molecule has 1 aromatic heterocycles. The largest absolute Gasteiger partial charge is 0.415 e. The van der Waals surface area contributed by atoms with Crippen molar-refractivity contribution in [3.63, 3.8) is 0 Å². The summed E-state index contributed by atoms with van der Waals surface area (Å²) in [6.07, 6.45) is 0. The Morgan fingerprint density at radius 3 is 2.58 bits per heavy atom. The number of nitrogens with zero attached hydrogens (tertiary/aromatic N) is 2. The van der Waals surface area contributed by atoms with Crippen LogP contribution in [0.3, 0.4) is 0 Å². The normalized spacial score (nSPS) is 11.7. The van der Waals surface area contributed by atoms with Gasteiger partial charge in [0.2, 0.25) is 5.89 Å². The van der Waals surface area contributed by atoms with Gasteiger partial charge in [-0.2, -0.15) is 0 Å². The van der Waals surface area contributed by atoms with Gasteiger partial charge in [-0.1, -0.05) is 18.7 Å². The Hall–Kier alpha value is -1.41. The lowest BCUT2D eigenvalue weighted by molar-refractivity contribution is 0.423. The molecule has 102 valence electrons. The van der Waals surface area contributed by atoms with Gasteiger partial charge in [0.15, 0.2) is 9.84 Å². The Morgan fingerprint density at radius 2 is 1.95 bits per heavy atom. The zero-order valence-electron chi connectivity index (χ0n) is 10.0. The van der Waals surface area contributed by atoms with Crippen molar-refractivity contribution in [2.24, 2.45) is 0 Å². The second-order valence-corrected chi connectivity index (χ2v) is 6.81. The van der Waals surface area contributed by atoms with Crippen molar-refractivity contribution in [3.8, 4) is 0 Å². The number of halogens is 1. The van der Waals surface area contributed by atoms with Crippen molar-refractivity contribution in [1.29, 1.82) is 0 Å². The van der Waals surface area contributed by atoms with Gasteiger partial charge >= 0.3 is 0 Å². The molecule has 0 aliphatic heterocycles. The van der Waals surface area contributed by atoms with Gasteiger partial charge in [-0.15, -0.1) is 10.2 Å². The minimum atomic E-state index is -3.60. The summed E-state index contributed by atoms with van der Waals surface area (Å²) in [7, 11) is -3.60. The molecule has 0 saturated heterocycles. The van der Waals surface area contributed by atoms with E-state index in [-0.39, 0.29) is 10.8 Å². The lowest BCUT2D eigenvalue weighted by Gasteiger charge is -2.00. The quantitative estimate of drug-likeness (QED) is 0.623. The molecule has 0 saturated carbocycles. The number of hydrogen-bond acceptors (Lipinski definition) is 6. The highest BCUT2D eigenvalue weighted by atomic mass is 32.2. The Balaban J connectivity index is 2.18. The summed E-state index contributed by atoms with van der Waals surface area (Å²) in [5.74, 6) is -0.0962. The molecule has 5 nitrogen and oxygen atoms in total. The summed E-state index contributed by atoms with van der Waals surface area (Å²) < 4.78 is 42.0. The molecule has 0 fully saturated rings. The van der Waals surface area contributed by atoms with Crippen LogP contribution in [0.5, 0.6) is 0 Å². The minimum absolute atomic E-state index is 0.0248. The second-order valence-electron chi connectivity index (χ2n) is 3.61. The number of rotatable bonds is 5. The molecule has 0 atom stereocenters. The molecule has 0 N–H and O–H groups in total. The molecule has 0 amide bonds. The summed E-state index contributed by atoms with van der Waals surface area (Å²) in [6.45, 7) is 1.92. The fourth-order valence-electron chi connectivity index (χ4n) is 1.37. The summed E-state index contributed by atoms with van der Waals surface area (Å²) in [6, 6.07) is 4.61. The lowest BCUT2D eigenvalue weighted by atomic mass is 10.4. The van der Waals surface area contributed by atoms with E-state index in [9.17, 15) is 12.8 Å². The topological polar surface area (TPSA) is 73.1 Å². The van der Waals surface area contributed by atoms with Gasteiger partial charge in [0.1, 0.15) is 11.6 Å². The van der Waals surface area contributed by atoms with E-state index in [2.05, 4.69) is 10.2 Å². The van der Waals surface area contributed by atoms with Gasteiger partial charge in [0, 0.05) is 0 Å². The third kappa shape index (κ3) is 3.54. The van der Waals surface area contributed by atoms with Gasteiger partial charge in [-0.05, 0) is 30.0 Å². The van der Waals surface area contributed by atoms with Crippen LogP contribution in [0.15, 0.2) is 38.8 Å². The van der Waals surface area contributed by atoms with E-state index >= 15 is 0 Å². The first-order valence-electron chi connectivity index (χ1n) is 5.45. The number of benzene rings is 1. The highest BCUT2D eigenvalue weighted by Gasteiger charge is 2.19. The van der Waals surface area contributed by atoms with Crippen LogP contribution in [0.4, 0.5) is 4.39 Å².